The minimum atomic E-state index is 0.259. The number of rotatable bonds is 4. The molecule has 2 unspecified atom stereocenters. The van der Waals surface area contributed by atoms with Gasteiger partial charge in [0, 0.05) is 45.0 Å². The first-order chi connectivity index (χ1) is 8.74. The molecular formula is C13H24N4O. The van der Waals surface area contributed by atoms with Gasteiger partial charge in [0.05, 0.1) is 18.3 Å². The number of aryl methyl sites for hydroxylation is 1. The van der Waals surface area contributed by atoms with Crippen LogP contribution in [0.5, 0.6) is 0 Å². The van der Waals surface area contributed by atoms with Gasteiger partial charge >= 0.3 is 0 Å². The van der Waals surface area contributed by atoms with Crippen LogP contribution in [-0.4, -0.2) is 47.0 Å². The van der Waals surface area contributed by atoms with Crippen LogP contribution in [0, 0.1) is 0 Å². The summed E-state index contributed by atoms with van der Waals surface area (Å²) in [6.07, 6.45) is 6.45. The molecular weight excluding hydrogens is 228 g/mol. The van der Waals surface area contributed by atoms with Gasteiger partial charge in [-0.15, -0.1) is 0 Å². The van der Waals surface area contributed by atoms with Crippen molar-refractivity contribution in [2.75, 3.05) is 26.2 Å². The lowest BCUT2D eigenvalue weighted by molar-refractivity contribution is 0.0458. The first kappa shape index (κ1) is 13.5. The van der Waals surface area contributed by atoms with Crippen molar-refractivity contribution in [1.29, 1.82) is 0 Å². The third-order valence-corrected chi connectivity index (χ3v) is 3.61. The van der Waals surface area contributed by atoms with E-state index in [4.69, 9.17) is 10.5 Å². The second-order valence-electron chi connectivity index (χ2n) is 4.95. The van der Waals surface area contributed by atoms with Crippen LogP contribution in [0.4, 0.5) is 0 Å². The van der Waals surface area contributed by atoms with Gasteiger partial charge in [0.2, 0.25) is 0 Å². The minimum Gasteiger partial charge on any atom is -0.377 e. The maximum absolute atomic E-state index is 5.96. The van der Waals surface area contributed by atoms with Crippen molar-refractivity contribution >= 4 is 0 Å². The fourth-order valence-electron chi connectivity index (χ4n) is 2.56. The first-order valence-electron chi connectivity index (χ1n) is 6.78. The quantitative estimate of drug-likeness (QED) is 0.866. The number of ether oxygens (including phenoxy) is 1. The van der Waals surface area contributed by atoms with Crippen molar-refractivity contribution in [1.82, 2.24) is 14.7 Å². The van der Waals surface area contributed by atoms with Gasteiger partial charge in [0.1, 0.15) is 0 Å². The van der Waals surface area contributed by atoms with Crippen molar-refractivity contribution in [3.8, 4) is 0 Å². The highest BCUT2D eigenvalue weighted by Gasteiger charge is 2.25. The Bertz CT molecular complexity index is 366. The lowest BCUT2D eigenvalue weighted by Crippen LogP contribution is -2.38. The Hall–Kier alpha value is -0.910. The van der Waals surface area contributed by atoms with E-state index in [9.17, 15) is 0 Å². The molecule has 1 aromatic rings. The molecule has 102 valence electrons. The highest BCUT2D eigenvalue weighted by molar-refractivity contribution is 5.11. The molecule has 0 spiro atoms. The average Bonchev–Trinajstić information content (AvgIpc) is 2.66. The summed E-state index contributed by atoms with van der Waals surface area (Å²) in [5.74, 6) is 0. The van der Waals surface area contributed by atoms with Crippen LogP contribution in [0.3, 0.4) is 0 Å². The Morgan fingerprint density at radius 1 is 1.61 bits per heavy atom. The van der Waals surface area contributed by atoms with E-state index in [1.54, 1.807) is 0 Å². The Kier molecular flexibility index (Phi) is 4.74. The van der Waals surface area contributed by atoms with Gasteiger partial charge in [0.25, 0.3) is 0 Å². The fraction of sp³-hybridized carbons (Fsp3) is 0.769. The fourth-order valence-corrected chi connectivity index (χ4v) is 2.56. The zero-order valence-electron chi connectivity index (χ0n) is 11.4. The van der Waals surface area contributed by atoms with E-state index in [1.807, 2.05) is 17.9 Å². The summed E-state index contributed by atoms with van der Waals surface area (Å²) < 4.78 is 7.65. The maximum atomic E-state index is 5.96. The van der Waals surface area contributed by atoms with E-state index in [0.717, 1.165) is 32.5 Å². The molecule has 18 heavy (non-hydrogen) atoms. The smallest absolute Gasteiger partial charge is 0.0699 e. The molecule has 5 heteroatoms. The van der Waals surface area contributed by atoms with Crippen molar-refractivity contribution in [3.63, 3.8) is 0 Å². The van der Waals surface area contributed by atoms with Crippen molar-refractivity contribution in [3.05, 3.63) is 18.0 Å². The summed E-state index contributed by atoms with van der Waals surface area (Å²) >= 11 is 0. The second-order valence-corrected chi connectivity index (χ2v) is 4.95. The molecule has 0 amide bonds. The third kappa shape index (κ3) is 3.10. The number of hydrogen-bond donors (Lipinski definition) is 1. The standard InChI is InChI=1S/C13H24N4O/c1-3-12-10-17(5-4-6-18-12)13(7-14)11-8-15-16(2)9-11/h8-9,12-13H,3-7,10,14H2,1-2H3. The molecule has 0 bridgehead atoms. The summed E-state index contributed by atoms with van der Waals surface area (Å²) in [5.41, 5.74) is 7.17. The molecule has 5 nitrogen and oxygen atoms in total. The van der Waals surface area contributed by atoms with Gasteiger partial charge in [-0.05, 0) is 12.8 Å². The largest absolute Gasteiger partial charge is 0.377 e. The molecule has 0 aliphatic carbocycles. The van der Waals surface area contributed by atoms with Gasteiger partial charge < -0.3 is 10.5 Å². The highest BCUT2D eigenvalue weighted by atomic mass is 16.5. The zero-order valence-corrected chi connectivity index (χ0v) is 11.4. The molecule has 0 radical (unpaired) electrons. The SMILES string of the molecule is CCC1CN(C(CN)c2cnn(C)c2)CCCO1. The molecule has 2 N–H and O–H groups in total. The van der Waals surface area contributed by atoms with Crippen LogP contribution >= 0.6 is 0 Å². The predicted octanol–water partition coefficient (Wildman–Crippen LogP) is 0.921. The van der Waals surface area contributed by atoms with Crippen molar-refractivity contribution < 1.29 is 4.74 Å². The van der Waals surface area contributed by atoms with E-state index in [-0.39, 0.29) is 6.04 Å². The zero-order chi connectivity index (χ0) is 13.0. The summed E-state index contributed by atoms with van der Waals surface area (Å²) in [4.78, 5) is 2.44. The molecule has 1 aromatic heterocycles. The van der Waals surface area contributed by atoms with Crippen molar-refractivity contribution in [2.24, 2.45) is 12.8 Å². The van der Waals surface area contributed by atoms with Crippen LogP contribution in [-0.2, 0) is 11.8 Å². The third-order valence-electron chi connectivity index (χ3n) is 3.61. The first-order valence-corrected chi connectivity index (χ1v) is 6.78. The monoisotopic (exact) mass is 252 g/mol. The molecule has 1 aliphatic heterocycles. The number of aromatic nitrogens is 2. The van der Waals surface area contributed by atoms with Gasteiger partial charge in [-0.1, -0.05) is 6.92 Å². The molecule has 2 heterocycles. The molecule has 0 saturated carbocycles. The number of nitrogens with two attached hydrogens (primary N) is 1. The molecule has 1 aliphatic rings. The molecule has 0 aromatic carbocycles. The van der Waals surface area contributed by atoms with E-state index in [2.05, 4.69) is 23.1 Å². The summed E-state index contributed by atoms with van der Waals surface area (Å²) in [5, 5.41) is 4.25. The molecule has 2 rings (SSSR count). The van der Waals surface area contributed by atoms with Crippen LogP contribution in [0.1, 0.15) is 31.4 Å². The average molecular weight is 252 g/mol. The van der Waals surface area contributed by atoms with Crippen LogP contribution in [0.15, 0.2) is 12.4 Å². The van der Waals surface area contributed by atoms with Crippen LogP contribution < -0.4 is 5.73 Å². The van der Waals surface area contributed by atoms with Gasteiger partial charge in [0.15, 0.2) is 0 Å². The van der Waals surface area contributed by atoms with Gasteiger partial charge in [-0.2, -0.15) is 5.10 Å². The van der Waals surface area contributed by atoms with Crippen molar-refractivity contribution in [2.45, 2.75) is 31.9 Å². The maximum Gasteiger partial charge on any atom is 0.0699 e. The van der Waals surface area contributed by atoms with E-state index in [0.29, 0.717) is 12.6 Å². The Morgan fingerprint density at radius 2 is 2.44 bits per heavy atom. The topological polar surface area (TPSA) is 56.3 Å². The summed E-state index contributed by atoms with van der Waals surface area (Å²) in [7, 11) is 1.94. The van der Waals surface area contributed by atoms with Gasteiger partial charge in [-0.25, -0.2) is 0 Å². The summed E-state index contributed by atoms with van der Waals surface area (Å²) in [6.45, 7) is 5.68. The van der Waals surface area contributed by atoms with E-state index >= 15 is 0 Å². The van der Waals surface area contributed by atoms with E-state index < -0.39 is 0 Å². The van der Waals surface area contributed by atoms with Gasteiger partial charge in [-0.3, -0.25) is 9.58 Å². The lowest BCUT2D eigenvalue weighted by atomic mass is 10.1. The summed E-state index contributed by atoms with van der Waals surface area (Å²) in [6, 6.07) is 0.259. The molecule has 2 atom stereocenters. The normalized spacial score (nSPS) is 23.8. The molecule has 1 saturated heterocycles. The number of nitrogens with zero attached hydrogens (tertiary/aromatic N) is 3. The lowest BCUT2D eigenvalue weighted by Gasteiger charge is -2.30. The Morgan fingerprint density at radius 3 is 3.06 bits per heavy atom. The Labute approximate surface area is 109 Å². The van der Waals surface area contributed by atoms with Crippen LogP contribution in [0.2, 0.25) is 0 Å². The highest BCUT2D eigenvalue weighted by Crippen LogP contribution is 2.22. The minimum absolute atomic E-state index is 0.259. The second kappa shape index (κ2) is 6.31. The predicted molar refractivity (Wildman–Crippen MR) is 71.2 cm³/mol. The number of hydrogen-bond acceptors (Lipinski definition) is 4. The van der Waals surface area contributed by atoms with Crippen LogP contribution in [0.25, 0.3) is 0 Å². The molecule has 1 fully saturated rings. The van der Waals surface area contributed by atoms with E-state index in [1.165, 1.54) is 5.56 Å². The Balaban J connectivity index is 2.10.